The lowest BCUT2D eigenvalue weighted by molar-refractivity contribution is -0.121. The normalized spacial score (nSPS) is 16.7. The number of hydrogen-bond acceptors (Lipinski definition) is 3. The fourth-order valence-electron chi connectivity index (χ4n) is 2.27. The lowest BCUT2D eigenvalue weighted by Crippen LogP contribution is -2.41. The number of carbonyl (C=O) groups excluding carboxylic acids is 1. The molecule has 1 aromatic rings. The van der Waals surface area contributed by atoms with Crippen molar-refractivity contribution in [3.63, 3.8) is 0 Å². The first kappa shape index (κ1) is 14.0. The molecule has 0 spiro atoms. The van der Waals surface area contributed by atoms with Crippen molar-refractivity contribution in [2.45, 2.75) is 44.7 Å². The monoisotopic (exact) mass is 330 g/mol. The van der Waals surface area contributed by atoms with Crippen LogP contribution >= 0.6 is 27.3 Å². The minimum Gasteiger partial charge on any atom is -0.352 e. The third-order valence-electron chi connectivity index (χ3n) is 3.18. The minimum absolute atomic E-state index is 0.123. The molecule has 1 fully saturated rings. The summed E-state index contributed by atoms with van der Waals surface area (Å²) in [6.45, 7) is 1.17. The van der Waals surface area contributed by atoms with Gasteiger partial charge in [0.1, 0.15) is 0 Å². The molecular weight excluding hydrogens is 312 g/mol. The first-order valence-electron chi connectivity index (χ1n) is 6.47. The van der Waals surface area contributed by atoms with E-state index in [9.17, 15) is 4.79 Å². The molecule has 0 aliphatic heterocycles. The molecule has 5 heteroatoms. The van der Waals surface area contributed by atoms with Crippen LogP contribution in [0.1, 0.15) is 37.0 Å². The highest BCUT2D eigenvalue weighted by Crippen LogP contribution is 2.19. The molecule has 3 nitrogen and oxygen atoms in total. The number of halogens is 1. The van der Waals surface area contributed by atoms with Crippen LogP contribution < -0.4 is 10.6 Å². The molecule has 2 N–H and O–H groups in total. The summed E-state index contributed by atoms with van der Waals surface area (Å²) in [4.78, 5) is 13.0. The van der Waals surface area contributed by atoms with Gasteiger partial charge in [0.25, 0.3) is 0 Å². The molecule has 18 heavy (non-hydrogen) atoms. The van der Waals surface area contributed by atoms with Crippen LogP contribution in [0.15, 0.2) is 15.9 Å². The van der Waals surface area contributed by atoms with Crippen LogP contribution in [0.3, 0.4) is 0 Å². The first-order valence-corrected chi connectivity index (χ1v) is 8.14. The molecule has 0 atom stereocenters. The summed E-state index contributed by atoms with van der Waals surface area (Å²) in [5.74, 6) is 0.123. The van der Waals surface area contributed by atoms with Crippen molar-refractivity contribution in [2.24, 2.45) is 0 Å². The molecule has 0 bridgehead atoms. The second-order valence-corrected chi connectivity index (χ2v) is 6.65. The maximum atomic E-state index is 11.7. The smallest absolute Gasteiger partial charge is 0.234 e. The van der Waals surface area contributed by atoms with Crippen molar-refractivity contribution in [1.29, 1.82) is 0 Å². The zero-order valence-electron chi connectivity index (χ0n) is 10.4. The van der Waals surface area contributed by atoms with Crippen molar-refractivity contribution < 1.29 is 4.79 Å². The molecule has 1 aliphatic rings. The summed E-state index contributed by atoms with van der Waals surface area (Å²) in [5, 5.41) is 8.34. The second kappa shape index (κ2) is 7.26. The van der Waals surface area contributed by atoms with Gasteiger partial charge in [0.2, 0.25) is 5.91 Å². The van der Waals surface area contributed by atoms with Crippen molar-refractivity contribution in [3.05, 3.63) is 20.8 Å². The van der Waals surface area contributed by atoms with Crippen molar-refractivity contribution in [3.8, 4) is 0 Å². The molecule has 0 saturated heterocycles. The number of nitrogens with one attached hydrogen (secondary N) is 2. The summed E-state index contributed by atoms with van der Waals surface area (Å²) in [7, 11) is 0. The second-order valence-electron chi connectivity index (χ2n) is 4.74. The summed E-state index contributed by atoms with van der Waals surface area (Å²) in [6.07, 6.45) is 6.11. The molecule has 1 aliphatic carbocycles. The number of carbonyl (C=O) groups is 1. The highest BCUT2D eigenvalue weighted by molar-refractivity contribution is 9.10. The van der Waals surface area contributed by atoms with E-state index in [1.807, 2.05) is 0 Å². The zero-order chi connectivity index (χ0) is 12.8. The Balaban J connectivity index is 1.62. The van der Waals surface area contributed by atoms with Crippen molar-refractivity contribution in [2.75, 3.05) is 6.54 Å². The highest BCUT2D eigenvalue weighted by atomic mass is 79.9. The van der Waals surface area contributed by atoms with Crippen LogP contribution in [0.2, 0.25) is 0 Å². The van der Waals surface area contributed by atoms with Crippen LogP contribution in [-0.4, -0.2) is 18.5 Å². The Bertz CT molecular complexity index is 388. The summed E-state index contributed by atoms with van der Waals surface area (Å²) in [5.41, 5.74) is 0. The third kappa shape index (κ3) is 4.71. The van der Waals surface area contributed by atoms with Gasteiger partial charge >= 0.3 is 0 Å². The van der Waals surface area contributed by atoms with E-state index in [0.29, 0.717) is 12.6 Å². The fourth-order valence-corrected chi connectivity index (χ4v) is 3.69. The van der Waals surface area contributed by atoms with Gasteiger partial charge in [-0.05, 0) is 34.8 Å². The summed E-state index contributed by atoms with van der Waals surface area (Å²) >= 11 is 5.12. The van der Waals surface area contributed by atoms with E-state index in [1.165, 1.54) is 24.1 Å². The molecule has 2 rings (SSSR count). The molecule has 100 valence electrons. The summed E-state index contributed by atoms with van der Waals surface area (Å²) < 4.78 is 1.11. The van der Waals surface area contributed by atoms with Crippen LogP contribution in [0.25, 0.3) is 0 Å². The van der Waals surface area contributed by atoms with E-state index in [2.05, 4.69) is 38.0 Å². The van der Waals surface area contributed by atoms with E-state index in [-0.39, 0.29) is 5.91 Å². The molecule has 1 heterocycles. The van der Waals surface area contributed by atoms with Crippen molar-refractivity contribution >= 4 is 33.2 Å². The Morgan fingerprint density at radius 3 is 2.83 bits per heavy atom. The standard InChI is InChI=1S/C13H19BrN2OS/c14-10-6-12(18-9-10)7-15-8-13(17)16-11-4-2-1-3-5-11/h6,9,11,15H,1-5,7-8H2,(H,16,17). The van der Waals surface area contributed by atoms with Crippen LogP contribution in [-0.2, 0) is 11.3 Å². The van der Waals surface area contributed by atoms with Gasteiger partial charge in [-0.3, -0.25) is 4.79 Å². The van der Waals surface area contributed by atoms with Crippen LogP contribution in [0.4, 0.5) is 0 Å². The van der Waals surface area contributed by atoms with E-state index >= 15 is 0 Å². The Hall–Kier alpha value is -0.390. The fraction of sp³-hybridized carbons (Fsp3) is 0.615. The topological polar surface area (TPSA) is 41.1 Å². The quantitative estimate of drug-likeness (QED) is 0.871. The Kier molecular flexibility index (Phi) is 5.66. The predicted octanol–water partition coefficient (Wildman–Crippen LogP) is 3.05. The van der Waals surface area contributed by atoms with E-state index < -0.39 is 0 Å². The van der Waals surface area contributed by atoms with Gasteiger partial charge in [-0.1, -0.05) is 19.3 Å². The van der Waals surface area contributed by atoms with E-state index in [4.69, 9.17) is 0 Å². The van der Waals surface area contributed by atoms with Gasteiger partial charge in [-0.2, -0.15) is 0 Å². The number of rotatable bonds is 5. The lowest BCUT2D eigenvalue weighted by atomic mass is 9.95. The number of hydrogen-bond donors (Lipinski definition) is 2. The molecule has 0 unspecified atom stereocenters. The molecule has 1 amide bonds. The highest BCUT2D eigenvalue weighted by Gasteiger charge is 2.15. The molecule has 0 aromatic carbocycles. The average molecular weight is 331 g/mol. The van der Waals surface area contributed by atoms with Gasteiger partial charge in [0.05, 0.1) is 6.54 Å². The molecule has 0 radical (unpaired) electrons. The van der Waals surface area contributed by atoms with Crippen molar-refractivity contribution in [1.82, 2.24) is 10.6 Å². The molecular formula is C13H19BrN2OS. The largest absolute Gasteiger partial charge is 0.352 e. The first-order chi connectivity index (χ1) is 8.74. The summed E-state index contributed by atoms with van der Waals surface area (Å²) in [6, 6.07) is 2.49. The third-order valence-corrected chi connectivity index (χ3v) is 4.87. The molecule has 1 saturated carbocycles. The SMILES string of the molecule is O=C(CNCc1cc(Br)cs1)NC1CCCCC1. The van der Waals surface area contributed by atoms with Gasteiger partial charge < -0.3 is 10.6 Å². The Morgan fingerprint density at radius 1 is 1.39 bits per heavy atom. The maximum Gasteiger partial charge on any atom is 0.234 e. The molecule has 1 aromatic heterocycles. The average Bonchev–Trinajstić information content (AvgIpc) is 2.76. The lowest BCUT2D eigenvalue weighted by Gasteiger charge is -2.22. The van der Waals surface area contributed by atoms with Gasteiger partial charge in [0, 0.05) is 27.3 Å². The van der Waals surface area contributed by atoms with Gasteiger partial charge in [0.15, 0.2) is 0 Å². The minimum atomic E-state index is 0.123. The van der Waals surface area contributed by atoms with Gasteiger partial charge in [-0.15, -0.1) is 11.3 Å². The van der Waals surface area contributed by atoms with Crippen LogP contribution in [0.5, 0.6) is 0 Å². The van der Waals surface area contributed by atoms with E-state index in [1.54, 1.807) is 11.3 Å². The number of thiophene rings is 1. The van der Waals surface area contributed by atoms with E-state index in [0.717, 1.165) is 23.9 Å². The zero-order valence-corrected chi connectivity index (χ0v) is 12.8. The predicted molar refractivity (Wildman–Crippen MR) is 78.7 cm³/mol. The van der Waals surface area contributed by atoms with Gasteiger partial charge in [-0.25, -0.2) is 0 Å². The maximum absolute atomic E-state index is 11.7. The Labute approximate surface area is 120 Å². The number of amides is 1. The Morgan fingerprint density at radius 2 is 2.17 bits per heavy atom. The van der Waals surface area contributed by atoms with Crippen LogP contribution in [0, 0.1) is 0 Å².